The third kappa shape index (κ3) is 7.52. The molecule has 1 saturated heterocycles. The third-order valence-electron chi connectivity index (χ3n) is 6.92. The van der Waals surface area contributed by atoms with Gasteiger partial charge in [-0.3, -0.25) is 4.90 Å². The van der Waals surface area contributed by atoms with Gasteiger partial charge in [0, 0.05) is 24.3 Å². The SMILES string of the molecule is CC(C)(C)OC(=O)N1CCC(Sc2cc(N(Cc3ccccc3)C(=O)OC(C)(C)C)c3ncc(C4CC4)n3n2)CC1. The zero-order valence-electron chi connectivity index (χ0n) is 24.9. The Balaban J connectivity index is 1.44. The van der Waals surface area contributed by atoms with Gasteiger partial charge in [0.15, 0.2) is 5.65 Å². The molecule has 9 nitrogen and oxygen atoms in total. The number of ether oxygens (including phenoxy) is 2. The summed E-state index contributed by atoms with van der Waals surface area (Å²) in [6, 6.07) is 11.9. The Hall–Kier alpha value is -3.27. The summed E-state index contributed by atoms with van der Waals surface area (Å²) in [7, 11) is 0. The number of thioether (sulfide) groups is 1. The van der Waals surface area contributed by atoms with E-state index in [2.05, 4.69) is 0 Å². The van der Waals surface area contributed by atoms with Crippen LogP contribution in [0.4, 0.5) is 15.3 Å². The molecule has 41 heavy (non-hydrogen) atoms. The van der Waals surface area contributed by atoms with E-state index in [1.807, 2.05) is 88.7 Å². The lowest BCUT2D eigenvalue weighted by Crippen LogP contribution is -2.42. The average Bonchev–Trinajstić information content (AvgIpc) is 3.64. The van der Waals surface area contributed by atoms with Crippen molar-refractivity contribution in [1.29, 1.82) is 0 Å². The highest BCUT2D eigenvalue weighted by atomic mass is 32.2. The number of benzene rings is 1. The van der Waals surface area contributed by atoms with Gasteiger partial charge >= 0.3 is 12.2 Å². The molecule has 220 valence electrons. The fourth-order valence-corrected chi connectivity index (χ4v) is 5.94. The summed E-state index contributed by atoms with van der Waals surface area (Å²) in [6.45, 7) is 12.9. The van der Waals surface area contributed by atoms with Crippen molar-refractivity contribution in [3.63, 3.8) is 0 Å². The van der Waals surface area contributed by atoms with Crippen LogP contribution in [-0.2, 0) is 16.0 Å². The van der Waals surface area contributed by atoms with Crippen LogP contribution >= 0.6 is 11.8 Å². The van der Waals surface area contributed by atoms with E-state index in [0.717, 1.165) is 42.0 Å². The molecule has 0 N–H and O–H groups in total. The second kappa shape index (κ2) is 11.5. The van der Waals surface area contributed by atoms with Crippen LogP contribution in [-0.4, -0.2) is 61.2 Å². The molecule has 3 heterocycles. The van der Waals surface area contributed by atoms with Crippen LogP contribution in [0, 0.1) is 0 Å². The first-order chi connectivity index (χ1) is 19.4. The standard InChI is InChI=1S/C31H41N5O4S/c1-30(2,3)39-28(37)34-16-14-23(15-17-34)41-26-18-24(27-32-19-25(22-12-13-22)36(27)33-26)35(29(38)40-31(4,5)6)20-21-10-8-7-9-11-21/h7-11,18-19,22-23H,12-17,20H2,1-6H3. The first-order valence-corrected chi connectivity index (χ1v) is 15.3. The number of amides is 2. The minimum Gasteiger partial charge on any atom is -0.444 e. The summed E-state index contributed by atoms with van der Waals surface area (Å²) in [5, 5.41) is 6.12. The van der Waals surface area contributed by atoms with Crippen molar-refractivity contribution < 1.29 is 19.1 Å². The molecule has 1 saturated carbocycles. The van der Waals surface area contributed by atoms with Gasteiger partial charge in [0.25, 0.3) is 0 Å². The average molecular weight is 580 g/mol. The smallest absolute Gasteiger partial charge is 0.415 e. The fraction of sp³-hybridized carbons (Fsp3) is 0.548. The summed E-state index contributed by atoms with van der Waals surface area (Å²) in [5.74, 6) is 0.437. The molecule has 5 rings (SSSR count). The van der Waals surface area contributed by atoms with E-state index in [1.165, 1.54) is 0 Å². The van der Waals surface area contributed by atoms with Crippen molar-refractivity contribution in [1.82, 2.24) is 19.5 Å². The maximum absolute atomic E-state index is 13.7. The van der Waals surface area contributed by atoms with Gasteiger partial charge in [0.05, 0.1) is 24.1 Å². The van der Waals surface area contributed by atoms with Crippen LogP contribution in [0.5, 0.6) is 0 Å². The number of aromatic nitrogens is 3. The summed E-state index contributed by atoms with van der Waals surface area (Å²) in [4.78, 5) is 34.4. The van der Waals surface area contributed by atoms with E-state index in [1.54, 1.807) is 21.6 Å². The summed E-state index contributed by atoms with van der Waals surface area (Å²) < 4.78 is 13.4. The normalized spacial score (nSPS) is 16.6. The van der Waals surface area contributed by atoms with Gasteiger partial charge in [-0.05, 0) is 78.9 Å². The molecule has 1 aliphatic heterocycles. The number of anilines is 1. The number of nitrogens with zero attached hydrogens (tertiary/aromatic N) is 5. The Morgan fingerprint density at radius 2 is 1.63 bits per heavy atom. The summed E-state index contributed by atoms with van der Waals surface area (Å²) >= 11 is 1.70. The van der Waals surface area contributed by atoms with Crippen LogP contribution in [0.25, 0.3) is 5.65 Å². The summed E-state index contributed by atoms with van der Waals surface area (Å²) in [6.07, 6.45) is 5.11. The van der Waals surface area contributed by atoms with E-state index in [4.69, 9.17) is 19.6 Å². The molecule has 2 fully saturated rings. The number of carbonyl (C=O) groups excluding carboxylic acids is 2. The second-order valence-electron chi connectivity index (χ2n) is 12.9. The van der Waals surface area contributed by atoms with Crippen LogP contribution in [0.15, 0.2) is 47.6 Å². The van der Waals surface area contributed by atoms with Crippen molar-refractivity contribution in [3.05, 3.63) is 53.9 Å². The highest BCUT2D eigenvalue weighted by molar-refractivity contribution is 7.99. The van der Waals surface area contributed by atoms with Crippen molar-refractivity contribution in [3.8, 4) is 0 Å². The molecule has 1 aromatic carbocycles. The van der Waals surface area contributed by atoms with Crippen molar-refractivity contribution in [2.75, 3.05) is 18.0 Å². The number of hydrogen-bond acceptors (Lipinski definition) is 7. The number of fused-ring (bicyclic) bond motifs is 1. The van der Waals surface area contributed by atoms with E-state index in [0.29, 0.717) is 36.9 Å². The molecule has 10 heteroatoms. The maximum Gasteiger partial charge on any atom is 0.415 e. The molecular formula is C31H41N5O4S. The first-order valence-electron chi connectivity index (χ1n) is 14.4. The number of hydrogen-bond donors (Lipinski definition) is 0. The highest BCUT2D eigenvalue weighted by Crippen LogP contribution is 2.42. The Bertz CT molecular complexity index is 1380. The molecule has 0 spiro atoms. The van der Waals surface area contributed by atoms with Crippen molar-refractivity contribution in [2.24, 2.45) is 0 Å². The third-order valence-corrected chi connectivity index (χ3v) is 8.16. The minimum absolute atomic E-state index is 0.260. The zero-order valence-corrected chi connectivity index (χ0v) is 25.7. The van der Waals surface area contributed by atoms with Crippen LogP contribution in [0.1, 0.15) is 84.4 Å². The Labute approximate surface area is 246 Å². The Morgan fingerprint density at radius 3 is 2.24 bits per heavy atom. The largest absolute Gasteiger partial charge is 0.444 e. The monoisotopic (exact) mass is 579 g/mol. The Morgan fingerprint density at radius 1 is 0.976 bits per heavy atom. The lowest BCUT2D eigenvalue weighted by atomic mass is 10.1. The minimum atomic E-state index is -0.649. The molecule has 2 amide bonds. The van der Waals surface area contributed by atoms with Crippen LogP contribution < -0.4 is 4.90 Å². The molecule has 0 unspecified atom stereocenters. The van der Waals surface area contributed by atoms with E-state index in [9.17, 15) is 9.59 Å². The van der Waals surface area contributed by atoms with Gasteiger partial charge < -0.3 is 14.4 Å². The van der Waals surface area contributed by atoms with Crippen LogP contribution in [0.2, 0.25) is 0 Å². The molecule has 1 aliphatic carbocycles. The predicted molar refractivity (Wildman–Crippen MR) is 161 cm³/mol. The van der Waals surface area contributed by atoms with E-state index in [-0.39, 0.29) is 11.3 Å². The highest BCUT2D eigenvalue weighted by Gasteiger charge is 2.32. The lowest BCUT2D eigenvalue weighted by molar-refractivity contribution is 0.0219. The quantitative estimate of drug-likeness (QED) is 0.309. The number of imidazole rings is 1. The number of piperidine rings is 1. The van der Waals surface area contributed by atoms with Gasteiger partial charge in [0.2, 0.25) is 0 Å². The molecular weight excluding hydrogens is 538 g/mol. The molecule has 2 aromatic heterocycles. The molecule has 0 radical (unpaired) electrons. The molecule has 2 aliphatic rings. The fourth-order valence-electron chi connectivity index (χ4n) is 4.85. The van der Waals surface area contributed by atoms with E-state index < -0.39 is 17.3 Å². The van der Waals surface area contributed by atoms with Crippen molar-refractivity contribution in [2.45, 2.75) is 101 Å². The number of carbonyl (C=O) groups is 2. The van der Waals surface area contributed by atoms with E-state index >= 15 is 0 Å². The van der Waals surface area contributed by atoms with Crippen LogP contribution in [0.3, 0.4) is 0 Å². The zero-order chi connectivity index (χ0) is 29.4. The first kappa shape index (κ1) is 29.2. The maximum atomic E-state index is 13.7. The Kier molecular flexibility index (Phi) is 8.23. The van der Waals surface area contributed by atoms with Crippen molar-refractivity contribution >= 4 is 35.3 Å². The van der Waals surface area contributed by atoms with Gasteiger partial charge in [-0.2, -0.15) is 5.10 Å². The molecule has 0 atom stereocenters. The second-order valence-corrected chi connectivity index (χ2v) is 14.2. The lowest BCUT2D eigenvalue weighted by Gasteiger charge is -2.33. The summed E-state index contributed by atoms with van der Waals surface area (Å²) in [5.41, 5.74) is 2.24. The number of likely N-dealkylation sites (tertiary alicyclic amines) is 1. The topological polar surface area (TPSA) is 89.3 Å². The van der Waals surface area contributed by atoms with Gasteiger partial charge in [-0.1, -0.05) is 30.3 Å². The predicted octanol–water partition coefficient (Wildman–Crippen LogP) is 7.04. The molecule has 3 aromatic rings. The van der Waals surface area contributed by atoms with Gasteiger partial charge in [0.1, 0.15) is 16.2 Å². The van der Waals surface area contributed by atoms with Gasteiger partial charge in [-0.25, -0.2) is 19.1 Å². The molecule has 0 bridgehead atoms. The number of rotatable bonds is 6. The van der Waals surface area contributed by atoms with Gasteiger partial charge in [-0.15, -0.1) is 11.8 Å².